The molecule has 4 rings (SSSR count). The van der Waals surface area contributed by atoms with Gasteiger partial charge in [-0.1, -0.05) is 6.92 Å². The highest BCUT2D eigenvalue weighted by Crippen LogP contribution is 2.61. The summed E-state index contributed by atoms with van der Waals surface area (Å²) < 4.78 is 0. The fraction of sp³-hybridized carbons (Fsp3) is 0.923. The first kappa shape index (κ1) is 8.77. The Morgan fingerprint density at radius 2 is 1.71 bits per heavy atom. The van der Waals surface area contributed by atoms with Crippen LogP contribution in [0.3, 0.4) is 0 Å². The van der Waals surface area contributed by atoms with Gasteiger partial charge >= 0.3 is 0 Å². The van der Waals surface area contributed by atoms with Crippen LogP contribution in [0.25, 0.3) is 0 Å². The number of rotatable bonds is 0. The zero-order chi connectivity index (χ0) is 9.81. The van der Waals surface area contributed by atoms with Gasteiger partial charge in [0.05, 0.1) is 11.5 Å². The molecule has 0 aromatic heterocycles. The number of nitriles is 1. The fourth-order valence-electron chi connectivity index (χ4n) is 4.71. The summed E-state index contributed by atoms with van der Waals surface area (Å²) in [5.41, 5.74) is 0.699. The first-order valence-electron chi connectivity index (χ1n) is 6.04. The molecule has 2 unspecified atom stereocenters. The molecule has 0 heterocycles. The van der Waals surface area contributed by atoms with Crippen LogP contribution in [0.2, 0.25) is 0 Å². The molecule has 4 saturated carbocycles. The lowest BCUT2D eigenvalue weighted by Crippen LogP contribution is -2.36. The summed E-state index contributed by atoms with van der Waals surface area (Å²) in [5.74, 6) is 1.77. The van der Waals surface area contributed by atoms with Gasteiger partial charge in [-0.3, -0.25) is 0 Å². The Hall–Kier alpha value is -0.510. The minimum absolute atomic E-state index is 0.0991. The normalized spacial score (nSPS) is 55.4. The van der Waals surface area contributed by atoms with Gasteiger partial charge in [0, 0.05) is 0 Å². The van der Waals surface area contributed by atoms with Crippen molar-refractivity contribution < 1.29 is 0 Å². The Labute approximate surface area is 86.5 Å². The molecule has 0 saturated heterocycles. The van der Waals surface area contributed by atoms with Crippen molar-refractivity contribution in [2.75, 3.05) is 0 Å². The van der Waals surface area contributed by atoms with Crippen LogP contribution in [-0.4, -0.2) is 0 Å². The van der Waals surface area contributed by atoms with Crippen molar-refractivity contribution in [3.05, 3.63) is 0 Å². The van der Waals surface area contributed by atoms with Crippen LogP contribution in [0.4, 0.5) is 0 Å². The first-order valence-corrected chi connectivity index (χ1v) is 6.04. The van der Waals surface area contributed by atoms with Gasteiger partial charge in [-0.15, -0.1) is 0 Å². The topological polar surface area (TPSA) is 23.8 Å². The third-order valence-electron chi connectivity index (χ3n) is 5.03. The van der Waals surface area contributed by atoms with E-state index in [2.05, 4.69) is 13.0 Å². The fourth-order valence-corrected chi connectivity index (χ4v) is 4.71. The molecule has 4 fully saturated rings. The summed E-state index contributed by atoms with van der Waals surface area (Å²) in [6.45, 7) is 2.46. The molecule has 14 heavy (non-hydrogen) atoms. The van der Waals surface area contributed by atoms with Gasteiger partial charge in [0.15, 0.2) is 0 Å². The van der Waals surface area contributed by atoms with E-state index in [1.807, 2.05) is 0 Å². The second-order valence-electron chi connectivity index (χ2n) is 6.49. The summed E-state index contributed by atoms with van der Waals surface area (Å²) in [6, 6.07) is 2.66. The number of nitrogens with zero attached hydrogens (tertiary/aromatic N) is 1. The molecule has 0 aliphatic heterocycles. The first-order chi connectivity index (χ1) is 6.63. The molecule has 4 aliphatic rings. The summed E-state index contributed by atoms with van der Waals surface area (Å²) >= 11 is 0. The molecule has 0 aromatic carbocycles. The molecule has 1 nitrogen and oxygen atoms in total. The molecule has 0 radical (unpaired) electrons. The van der Waals surface area contributed by atoms with Crippen LogP contribution in [0.1, 0.15) is 51.9 Å². The van der Waals surface area contributed by atoms with Crippen LogP contribution in [-0.2, 0) is 0 Å². The van der Waals surface area contributed by atoms with Gasteiger partial charge in [-0.05, 0) is 62.2 Å². The zero-order valence-corrected chi connectivity index (χ0v) is 9.05. The molecule has 1 heteroatoms. The molecule has 0 amide bonds. The lowest BCUT2D eigenvalue weighted by molar-refractivity contribution is 0.0620. The Bertz CT molecular complexity index is 285. The highest BCUT2D eigenvalue weighted by atomic mass is 14.6. The van der Waals surface area contributed by atoms with E-state index in [4.69, 9.17) is 0 Å². The molecule has 0 N–H and O–H groups in total. The minimum atomic E-state index is 0.0991. The van der Waals surface area contributed by atoms with Crippen LogP contribution in [0.5, 0.6) is 0 Å². The van der Waals surface area contributed by atoms with E-state index >= 15 is 0 Å². The van der Waals surface area contributed by atoms with Crippen LogP contribution in [0.15, 0.2) is 0 Å². The van der Waals surface area contributed by atoms with E-state index in [0.29, 0.717) is 5.41 Å². The average Bonchev–Trinajstić information content (AvgIpc) is 2.28. The summed E-state index contributed by atoms with van der Waals surface area (Å²) in [5, 5.41) is 9.39. The van der Waals surface area contributed by atoms with Crippen LogP contribution >= 0.6 is 0 Å². The van der Waals surface area contributed by atoms with Crippen molar-refractivity contribution in [3.63, 3.8) is 0 Å². The number of hydrogen-bond donors (Lipinski definition) is 0. The average molecular weight is 189 g/mol. The monoisotopic (exact) mass is 189 g/mol. The summed E-state index contributed by atoms with van der Waals surface area (Å²) in [4.78, 5) is 0. The summed E-state index contributed by atoms with van der Waals surface area (Å²) in [6.07, 6.45) is 9.19. The van der Waals surface area contributed by atoms with Crippen molar-refractivity contribution in [1.29, 1.82) is 5.26 Å². The van der Waals surface area contributed by atoms with Crippen LogP contribution < -0.4 is 0 Å². The van der Waals surface area contributed by atoms with Crippen molar-refractivity contribution in [3.8, 4) is 6.07 Å². The second-order valence-corrected chi connectivity index (χ2v) is 6.49. The predicted octanol–water partition coefficient (Wildman–Crippen LogP) is 3.51. The third kappa shape index (κ3) is 1.13. The Kier molecular flexibility index (Phi) is 1.59. The Balaban J connectivity index is 2.01. The van der Waals surface area contributed by atoms with Crippen molar-refractivity contribution in [2.24, 2.45) is 22.7 Å². The van der Waals surface area contributed by atoms with Gasteiger partial charge in [0.25, 0.3) is 0 Å². The van der Waals surface area contributed by atoms with E-state index < -0.39 is 0 Å². The van der Waals surface area contributed by atoms with Gasteiger partial charge in [-0.25, -0.2) is 0 Å². The predicted molar refractivity (Wildman–Crippen MR) is 55.5 cm³/mol. The number of fused-ring (bicyclic) bond motifs is 1. The maximum Gasteiger partial charge on any atom is 0.0689 e. The van der Waals surface area contributed by atoms with Crippen molar-refractivity contribution >= 4 is 0 Å². The molecule has 4 bridgehead atoms. The maximum absolute atomic E-state index is 9.39. The Morgan fingerprint density at radius 1 is 1.07 bits per heavy atom. The molecule has 0 spiro atoms. The van der Waals surface area contributed by atoms with Gasteiger partial charge in [-0.2, -0.15) is 5.26 Å². The second kappa shape index (κ2) is 2.54. The van der Waals surface area contributed by atoms with Gasteiger partial charge < -0.3 is 0 Å². The lowest BCUT2D eigenvalue weighted by Gasteiger charge is -2.45. The number of hydrogen-bond acceptors (Lipinski definition) is 1. The zero-order valence-electron chi connectivity index (χ0n) is 9.05. The molecular formula is C13H19N. The highest BCUT2D eigenvalue weighted by molar-refractivity contribution is 5.10. The minimum Gasteiger partial charge on any atom is -0.198 e. The quantitative estimate of drug-likeness (QED) is 0.572. The smallest absolute Gasteiger partial charge is 0.0689 e. The standard InChI is InChI=1S/C13H19N/c1-12-2-3-13(9-14)7-10(5-12)4-11(6-12)8-13/h10-11H,2-8H2,1H3. The van der Waals surface area contributed by atoms with E-state index in [-0.39, 0.29) is 5.41 Å². The van der Waals surface area contributed by atoms with Crippen molar-refractivity contribution in [1.82, 2.24) is 0 Å². The summed E-state index contributed by atoms with van der Waals surface area (Å²) in [7, 11) is 0. The van der Waals surface area contributed by atoms with Crippen molar-refractivity contribution in [2.45, 2.75) is 51.9 Å². The van der Waals surface area contributed by atoms with Crippen LogP contribution in [0, 0.1) is 34.0 Å². The lowest BCUT2D eigenvalue weighted by atomic mass is 9.59. The maximum atomic E-state index is 9.39. The van der Waals surface area contributed by atoms with Gasteiger partial charge in [0.2, 0.25) is 0 Å². The molecule has 76 valence electrons. The largest absolute Gasteiger partial charge is 0.198 e. The molecule has 2 atom stereocenters. The molecule has 4 aliphatic carbocycles. The molecular weight excluding hydrogens is 170 g/mol. The highest BCUT2D eigenvalue weighted by Gasteiger charge is 2.51. The van der Waals surface area contributed by atoms with E-state index in [1.165, 1.54) is 44.9 Å². The molecule has 0 aromatic rings. The van der Waals surface area contributed by atoms with E-state index in [0.717, 1.165) is 11.8 Å². The van der Waals surface area contributed by atoms with Gasteiger partial charge in [0.1, 0.15) is 0 Å². The van der Waals surface area contributed by atoms with E-state index in [9.17, 15) is 5.26 Å². The third-order valence-corrected chi connectivity index (χ3v) is 5.03. The Morgan fingerprint density at radius 3 is 2.29 bits per heavy atom. The SMILES string of the molecule is CC12CCC3(C#N)CC(CC(C1)C3)C2. The van der Waals surface area contributed by atoms with E-state index in [1.54, 1.807) is 0 Å².